The summed E-state index contributed by atoms with van der Waals surface area (Å²) in [5, 5.41) is 5.88. The highest BCUT2D eigenvalue weighted by Crippen LogP contribution is 2.03. The summed E-state index contributed by atoms with van der Waals surface area (Å²) in [7, 11) is 0. The Morgan fingerprint density at radius 2 is 2.00 bits per heavy atom. The fourth-order valence-electron chi connectivity index (χ4n) is 1.67. The van der Waals surface area contributed by atoms with E-state index in [2.05, 4.69) is 46.8 Å². The second-order valence-electron chi connectivity index (χ2n) is 4.38. The minimum Gasteiger partial charge on any atom is -0.324 e. The molecule has 0 aliphatic heterocycles. The summed E-state index contributed by atoms with van der Waals surface area (Å²) in [6, 6.07) is 11.8. The van der Waals surface area contributed by atoms with Crippen LogP contribution in [-0.2, 0) is 11.3 Å². The number of carbonyl (C=O) groups is 1. The van der Waals surface area contributed by atoms with Gasteiger partial charge >= 0.3 is 0 Å². The maximum absolute atomic E-state index is 11.7. The lowest BCUT2D eigenvalue weighted by Crippen LogP contribution is -2.27. The van der Waals surface area contributed by atoms with Crippen molar-refractivity contribution >= 4 is 11.6 Å². The van der Waals surface area contributed by atoms with E-state index in [1.807, 2.05) is 6.07 Å². The van der Waals surface area contributed by atoms with Crippen LogP contribution in [0.2, 0.25) is 0 Å². The second-order valence-corrected chi connectivity index (χ2v) is 4.38. The lowest BCUT2D eigenvalue weighted by molar-refractivity contribution is -0.115. The summed E-state index contributed by atoms with van der Waals surface area (Å²) >= 11 is 0. The fraction of sp³-hybridized carbons (Fsp3) is 0.200. The average Bonchev–Trinajstić information content (AvgIpc) is 2.42. The lowest BCUT2D eigenvalue weighted by atomic mass is 10.1. The molecule has 2 N–H and O–H groups in total. The number of anilines is 1. The quantitative estimate of drug-likeness (QED) is 0.860. The van der Waals surface area contributed by atoms with Crippen LogP contribution >= 0.6 is 0 Å². The molecule has 0 saturated carbocycles. The Morgan fingerprint density at radius 3 is 2.68 bits per heavy atom. The molecular weight excluding hydrogens is 238 g/mol. The molecule has 4 nitrogen and oxygen atoms in total. The fourth-order valence-corrected chi connectivity index (χ4v) is 1.67. The highest BCUT2D eigenvalue weighted by Gasteiger charge is 2.01. The third-order valence-electron chi connectivity index (χ3n) is 2.68. The molecule has 0 fully saturated rings. The van der Waals surface area contributed by atoms with Crippen molar-refractivity contribution < 1.29 is 4.79 Å². The zero-order valence-corrected chi connectivity index (χ0v) is 10.9. The number of hydrogen-bond acceptors (Lipinski definition) is 3. The summed E-state index contributed by atoms with van der Waals surface area (Å²) in [6.07, 6.45) is 3.29. The molecule has 0 aliphatic carbocycles. The molecule has 19 heavy (non-hydrogen) atoms. The van der Waals surface area contributed by atoms with E-state index in [0.29, 0.717) is 12.2 Å². The van der Waals surface area contributed by atoms with Crippen molar-refractivity contribution in [1.29, 1.82) is 0 Å². The zero-order valence-electron chi connectivity index (χ0n) is 10.9. The van der Waals surface area contributed by atoms with Crippen molar-refractivity contribution in [1.82, 2.24) is 10.3 Å². The molecule has 1 aromatic heterocycles. The molecule has 98 valence electrons. The first-order valence-corrected chi connectivity index (χ1v) is 6.20. The molecule has 4 heteroatoms. The predicted octanol–water partition coefficient (Wildman–Crippen LogP) is 2.12. The first-order chi connectivity index (χ1) is 9.24. The lowest BCUT2D eigenvalue weighted by Gasteiger charge is -2.06. The monoisotopic (exact) mass is 255 g/mol. The molecular formula is C15H17N3O. The Balaban J connectivity index is 1.74. The Hall–Kier alpha value is -2.20. The van der Waals surface area contributed by atoms with Gasteiger partial charge in [-0.2, -0.15) is 0 Å². The van der Waals surface area contributed by atoms with Gasteiger partial charge < -0.3 is 10.6 Å². The molecule has 0 radical (unpaired) electrons. The van der Waals surface area contributed by atoms with Crippen LogP contribution in [0, 0.1) is 6.92 Å². The van der Waals surface area contributed by atoms with Crippen molar-refractivity contribution in [3.63, 3.8) is 0 Å². The number of rotatable bonds is 5. The molecule has 0 spiro atoms. The summed E-state index contributed by atoms with van der Waals surface area (Å²) < 4.78 is 0. The maximum atomic E-state index is 11.7. The van der Waals surface area contributed by atoms with E-state index in [0.717, 1.165) is 0 Å². The SMILES string of the molecule is Cc1ccc(CNCC(=O)Nc2cccnc2)cc1. The van der Waals surface area contributed by atoms with Crippen LogP contribution in [-0.4, -0.2) is 17.4 Å². The van der Waals surface area contributed by atoms with Crippen molar-refractivity contribution in [2.75, 3.05) is 11.9 Å². The average molecular weight is 255 g/mol. The van der Waals surface area contributed by atoms with Crippen LogP contribution in [0.25, 0.3) is 0 Å². The van der Waals surface area contributed by atoms with E-state index in [-0.39, 0.29) is 12.5 Å². The molecule has 2 aromatic rings. The van der Waals surface area contributed by atoms with E-state index >= 15 is 0 Å². The van der Waals surface area contributed by atoms with Crippen molar-refractivity contribution in [3.8, 4) is 0 Å². The molecule has 0 aliphatic rings. The van der Waals surface area contributed by atoms with Gasteiger partial charge in [0.05, 0.1) is 18.4 Å². The summed E-state index contributed by atoms with van der Waals surface area (Å²) in [4.78, 5) is 15.6. The van der Waals surface area contributed by atoms with Gasteiger partial charge in [-0.3, -0.25) is 9.78 Å². The highest BCUT2D eigenvalue weighted by atomic mass is 16.1. The van der Waals surface area contributed by atoms with Crippen LogP contribution in [0.5, 0.6) is 0 Å². The number of pyridine rings is 1. The molecule has 1 aromatic carbocycles. The number of benzene rings is 1. The standard InChI is InChI=1S/C15H17N3O/c1-12-4-6-13(7-5-12)9-17-11-15(19)18-14-3-2-8-16-10-14/h2-8,10,17H,9,11H2,1H3,(H,18,19). The van der Waals surface area contributed by atoms with Crippen LogP contribution in [0.4, 0.5) is 5.69 Å². The minimum absolute atomic E-state index is 0.0693. The molecule has 1 heterocycles. The van der Waals surface area contributed by atoms with Gasteiger partial charge in [0, 0.05) is 12.7 Å². The molecule has 1 amide bonds. The highest BCUT2D eigenvalue weighted by molar-refractivity contribution is 5.91. The topological polar surface area (TPSA) is 54.0 Å². The van der Waals surface area contributed by atoms with Crippen molar-refractivity contribution in [2.24, 2.45) is 0 Å². The molecule has 0 saturated heterocycles. The number of nitrogens with zero attached hydrogens (tertiary/aromatic N) is 1. The second kappa shape index (κ2) is 6.66. The van der Waals surface area contributed by atoms with Crippen molar-refractivity contribution in [3.05, 3.63) is 59.9 Å². The van der Waals surface area contributed by atoms with Gasteiger partial charge in [0.1, 0.15) is 0 Å². The van der Waals surface area contributed by atoms with Crippen LogP contribution in [0.1, 0.15) is 11.1 Å². The normalized spacial score (nSPS) is 10.2. The third kappa shape index (κ3) is 4.52. The van der Waals surface area contributed by atoms with E-state index in [4.69, 9.17) is 0 Å². The Kier molecular flexibility index (Phi) is 4.64. The molecule has 2 rings (SSSR count). The first-order valence-electron chi connectivity index (χ1n) is 6.20. The summed E-state index contributed by atoms with van der Waals surface area (Å²) in [5.74, 6) is -0.0693. The largest absolute Gasteiger partial charge is 0.324 e. The smallest absolute Gasteiger partial charge is 0.238 e. The van der Waals surface area contributed by atoms with Gasteiger partial charge in [-0.1, -0.05) is 29.8 Å². The Morgan fingerprint density at radius 1 is 1.21 bits per heavy atom. The summed E-state index contributed by atoms with van der Waals surface area (Å²) in [6.45, 7) is 3.02. The van der Waals surface area contributed by atoms with Gasteiger partial charge in [-0.05, 0) is 24.6 Å². The number of amides is 1. The number of carbonyl (C=O) groups excluding carboxylic acids is 1. The van der Waals surface area contributed by atoms with Gasteiger partial charge in [0.15, 0.2) is 0 Å². The van der Waals surface area contributed by atoms with Gasteiger partial charge in [0.25, 0.3) is 0 Å². The van der Waals surface area contributed by atoms with Gasteiger partial charge in [-0.15, -0.1) is 0 Å². The Labute approximate surface area is 112 Å². The van der Waals surface area contributed by atoms with E-state index < -0.39 is 0 Å². The molecule has 0 atom stereocenters. The van der Waals surface area contributed by atoms with Crippen LogP contribution < -0.4 is 10.6 Å². The third-order valence-corrected chi connectivity index (χ3v) is 2.68. The van der Waals surface area contributed by atoms with E-state index in [1.54, 1.807) is 18.5 Å². The van der Waals surface area contributed by atoms with E-state index in [9.17, 15) is 4.79 Å². The van der Waals surface area contributed by atoms with Crippen molar-refractivity contribution in [2.45, 2.75) is 13.5 Å². The maximum Gasteiger partial charge on any atom is 0.238 e. The molecule has 0 unspecified atom stereocenters. The van der Waals surface area contributed by atoms with E-state index in [1.165, 1.54) is 11.1 Å². The van der Waals surface area contributed by atoms with Gasteiger partial charge in [-0.25, -0.2) is 0 Å². The zero-order chi connectivity index (χ0) is 13.5. The van der Waals surface area contributed by atoms with Crippen LogP contribution in [0.3, 0.4) is 0 Å². The number of nitrogens with one attached hydrogen (secondary N) is 2. The predicted molar refractivity (Wildman–Crippen MR) is 75.8 cm³/mol. The minimum atomic E-state index is -0.0693. The Bertz CT molecular complexity index is 523. The van der Waals surface area contributed by atoms with Gasteiger partial charge in [0.2, 0.25) is 5.91 Å². The molecule has 0 bridgehead atoms. The first kappa shape index (κ1) is 13.2. The summed E-state index contributed by atoms with van der Waals surface area (Å²) in [5.41, 5.74) is 3.11. The number of hydrogen-bond donors (Lipinski definition) is 2. The van der Waals surface area contributed by atoms with Crippen LogP contribution in [0.15, 0.2) is 48.8 Å². The number of aromatic nitrogens is 1. The number of aryl methyl sites for hydroxylation is 1.